The first-order valence-corrected chi connectivity index (χ1v) is 9.58. The van der Waals surface area contributed by atoms with Crippen molar-refractivity contribution in [3.8, 4) is 0 Å². The van der Waals surface area contributed by atoms with Crippen molar-refractivity contribution in [3.63, 3.8) is 0 Å². The number of likely N-dealkylation sites (tertiary alicyclic amines) is 2. The third kappa shape index (κ3) is 6.01. The van der Waals surface area contributed by atoms with Crippen LogP contribution in [0.15, 0.2) is 12.7 Å². The fourth-order valence-corrected chi connectivity index (χ4v) is 3.73. The number of hydrogen-bond donors (Lipinski definition) is 1. The Morgan fingerprint density at radius 3 is 2.52 bits per heavy atom. The first-order valence-electron chi connectivity index (χ1n) is 9.58. The molecule has 3 atom stereocenters. The average Bonchev–Trinajstić information content (AvgIpc) is 3.20. The molecular formula is C19H28N2O8. The van der Waals surface area contributed by atoms with Crippen molar-refractivity contribution in [2.45, 2.75) is 43.9 Å². The summed E-state index contributed by atoms with van der Waals surface area (Å²) in [4.78, 5) is 51.3. The van der Waals surface area contributed by atoms with Gasteiger partial charge in [0.15, 0.2) is 0 Å². The lowest BCUT2D eigenvalue weighted by Gasteiger charge is -2.40. The van der Waals surface area contributed by atoms with Gasteiger partial charge in [-0.2, -0.15) is 0 Å². The van der Waals surface area contributed by atoms with Crippen LogP contribution in [0.25, 0.3) is 0 Å². The standard InChI is InChI=1S/C19H28N2O8/c1-3-9-29-13-6-8-20(16(22)11-28-12-17(23)24)15(10-13)18(25)21-7-4-5-14(21)19(26)27-2/h3,13-15H,1,4-12H2,2H3,(H,23,24). The Kier molecular flexibility index (Phi) is 8.59. The summed E-state index contributed by atoms with van der Waals surface area (Å²) in [5.41, 5.74) is 0. The molecular weight excluding hydrogens is 384 g/mol. The Hall–Kier alpha value is -2.46. The fraction of sp³-hybridized carbons (Fsp3) is 0.684. The number of hydrogen-bond acceptors (Lipinski definition) is 7. The number of piperidine rings is 1. The lowest BCUT2D eigenvalue weighted by atomic mass is 9.97. The molecule has 2 amide bonds. The van der Waals surface area contributed by atoms with E-state index in [0.717, 1.165) is 0 Å². The molecule has 1 N–H and O–H groups in total. The van der Waals surface area contributed by atoms with E-state index in [4.69, 9.17) is 19.3 Å². The summed E-state index contributed by atoms with van der Waals surface area (Å²) >= 11 is 0. The monoisotopic (exact) mass is 412 g/mol. The molecule has 0 saturated carbocycles. The van der Waals surface area contributed by atoms with Gasteiger partial charge < -0.3 is 29.1 Å². The number of carboxylic acid groups (broad SMARTS) is 1. The topological polar surface area (TPSA) is 123 Å². The van der Waals surface area contributed by atoms with Crippen molar-refractivity contribution in [1.82, 2.24) is 9.80 Å². The van der Waals surface area contributed by atoms with Crippen molar-refractivity contribution in [3.05, 3.63) is 12.7 Å². The maximum absolute atomic E-state index is 13.3. The minimum atomic E-state index is -1.18. The maximum Gasteiger partial charge on any atom is 0.329 e. The third-order valence-corrected chi connectivity index (χ3v) is 5.07. The summed E-state index contributed by atoms with van der Waals surface area (Å²) in [5.74, 6) is -2.47. The molecule has 10 nitrogen and oxygen atoms in total. The number of ether oxygens (including phenoxy) is 3. The maximum atomic E-state index is 13.3. The lowest BCUT2D eigenvalue weighted by Crippen LogP contribution is -2.58. The smallest absolute Gasteiger partial charge is 0.329 e. The van der Waals surface area contributed by atoms with E-state index in [0.29, 0.717) is 32.4 Å². The summed E-state index contributed by atoms with van der Waals surface area (Å²) in [7, 11) is 1.28. The molecule has 0 aromatic rings. The van der Waals surface area contributed by atoms with Crippen molar-refractivity contribution in [2.24, 2.45) is 0 Å². The van der Waals surface area contributed by atoms with Gasteiger partial charge in [0.1, 0.15) is 25.3 Å². The van der Waals surface area contributed by atoms with Crippen LogP contribution >= 0.6 is 0 Å². The number of nitrogens with zero attached hydrogens (tertiary/aromatic N) is 2. The van der Waals surface area contributed by atoms with Gasteiger partial charge in [0.25, 0.3) is 0 Å². The van der Waals surface area contributed by atoms with Gasteiger partial charge in [-0.15, -0.1) is 6.58 Å². The highest BCUT2D eigenvalue weighted by Crippen LogP contribution is 2.26. The zero-order chi connectivity index (χ0) is 21.4. The Morgan fingerprint density at radius 1 is 1.10 bits per heavy atom. The highest BCUT2D eigenvalue weighted by atomic mass is 16.5. The number of amides is 2. The Labute approximate surface area is 169 Å². The van der Waals surface area contributed by atoms with Crippen LogP contribution in [-0.4, -0.2) is 96.9 Å². The highest BCUT2D eigenvalue weighted by Gasteiger charge is 2.43. The predicted molar refractivity (Wildman–Crippen MR) is 99.9 cm³/mol. The minimum Gasteiger partial charge on any atom is -0.480 e. The molecule has 0 radical (unpaired) electrons. The molecule has 2 saturated heterocycles. The van der Waals surface area contributed by atoms with E-state index < -0.39 is 43.1 Å². The molecule has 0 spiro atoms. The van der Waals surface area contributed by atoms with Crippen molar-refractivity contribution in [1.29, 1.82) is 0 Å². The van der Waals surface area contributed by atoms with Gasteiger partial charge in [-0.1, -0.05) is 6.08 Å². The molecule has 2 heterocycles. The van der Waals surface area contributed by atoms with E-state index in [1.807, 2.05) is 0 Å². The number of carbonyl (C=O) groups excluding carboxylic acids is 3. The number of carboxylic acids is 1. The number of methoxy groups -OCH3 is 1. The number of esters is 1. The Morgan fingerprint density at radius 2 is 1.86 bits per heavy atom. The van der Waals surface area contributed by atoms with Crippen LogP contribution < -0.4 is 0 Å². The molecule has 29 heavy (non-hydrogen) atoms. The first-order chi connectivity index (χ1) is 13.9. The molecule has 2 rings (SSSR count). The van der Waals surface area contributed by atoms with Crippen LogP contribution in [0, 0.1) is 0 Å². The Bertz CT molecular complexity index is 638. The second-order valence-corrected chi connectivity index (χ2v) is 6.97. The van der Waals surface area contributed by atoms with E-state index >= 15 is 0 Å². The molecule has 0 bridgehead atoms. The molecule has 0 aromatic carbocycles. The van der Waals surface area contributed by atoms with Crippen LogP contribution in [0.2, 0.25) is 0 Å². The minimum absolute atomic E-state index is 0.231. The van der Waals surface area contributed by atoms with E-state index in [-0.39, 0.29) is 25.0 Å². The van der Waals surface area contributed by atoms with Gasteiger partial charge in [-0.25, -0.2) is 9.59 Å². The van der Waals surface area contributed by atoms with E-state index in [2.05, 4.69) is 6.58 Å². The predicted octanol–water partition coefficient (Wildman–Crippen LogP) is -0.186. The van der Waals surface area contributed by atoms with Crippen LogP contribution in [0.1, 0.15) is 25.7 Å². The second-order valence-electron chi connectivity index (χ2n) is 6.97. The first kappa shape index (κ1) is 22.8. The molecule has 162 valence electrons. The van der Waals surface area contributed by atoms with Crippen LogP contribution in [-0.2, 0) is 33.4 Å². The molecule has 2 aliphatic heterocycles. The number of carbonyl (C=O) groups is 4. The molecule has 0 aliphatic carbocycles. The summed E-state index contributed by atoms with van der Waals surface area (Å²) in [5, 5.41) is 8.66. The third-order valence-electron chi connectivity index (χ3n) is 5.07. The van der Waals surface area contributed by atoms with Gasteiger partial charge in [0, 0.05) is 19.5 Å². The second kappa shape index (κ2) is 10.9. The zero-order valence-electron chi connectivity index (χ0n) is 16.6. The van der Waals surface area contributed by atoms with Crippen LogP contribution in [0.5, 0.6) is 0 Å². The Balaban J connectivity index is 2.13. The summed E-state index contributed by atoms with van der Waals surface area (Å²) in [6.45, 7) is 3.58. The molecule has 10 heteroatoms. The summed E-state index contributed by atoms with van der Waals surface area (Å²) in [6.07, 6.45) is 3.37. The molecule has 2 fully saturated rings. The fourth-order valence-electron chi connectivity index (χ4n) is 3.73. The van der Waals surface area contributed by atoms with Crippen molar-refractivity contribution < 1.29 is 38.5 Å². The lowest BCUT2D eigenvalue weighted by molar-refractivity contribution is -0.159. The van der Waals surface area contributed by atoms with E-state index in [1.54, 1.807) is 6.08 Å². The van der Waals surface area contributed by atoms with Gasteiger partial charge in [-0.05, 0) is 19.3 Å². The van der Waals surface area contributed by atoms with Gasteiger partial charge in [-0.3, -0.25) is 9.59 Å². The average molecular weight is 412 g/mol. The van der Waals surface area contributed by atoms with E-state index in [1.165, 1.54) is 16.9 Å². The highest BCUT2D eigenvalue weighted by molar-refractivity contribution is 5.91. The molecule has 0 aromatic heterocycles. The summed E-state index contributed by atoms with van der Waals surface area (Å²) in [6, 6.07) is -1.48. The molecule has 2 aliphatic rings. The zero-order valence-corrected chi connectivity index (χ0v) is 16.6. The normalized spacial score (nSPS) is 24.2. The van der Waals surface area contributed by atoms with Gasteiger partial charge in [0.2, 0.25) is 11.8 Å². The quantitative estimate of drug-likeness (QED) is 0.409. The van der Waals surface area contributed by atoms with E-state index in [9.17, 15) is 19.2 Å². The van der Waals surface area contributed by atoms with Crippen molar-refractivity contribution >= 4 is 23.8 Å². The van der Waals surface area contributed by atoms with Crippen LogP contribution in [0.3, 0.4) is 0 Å². The van der Waals surface area contributed by atoms with Gasteiger partial charge in [0.05, 0.1) is 19.8 Å². The SMILES string of the molecule is C=CCOC1CCN(C(=O)COCC(=O)O)C(C(=O)N2CCCC2C(=O)OC)C1. The summed E-state index contributed by atoms with van der Waals surface area (Å²) < 4.78 is 15.4. The van der Waals surface area contributed by atoms with Crippen LogP contribution in [0.4, 0.5) is 0 Å². The van der Waals surface area contributed by atoms with Gasteiger partial charge >= 0.3 is 11.9 Å². The van der Waals surface area contributed by atoms with Crippen molar-refractivity contribution in [2.75, 3.05) is 40.0 Å². The largest absolute Gasteiger partial charge is 0.480 e. The number of aliphatic carboxylic acids is 1. The number of rotatable bonds is 9. The molecule has 3 unspecified atom stereocenters.